The molecule has 9 heteroatoms. The number of benzene rings is 1. The molecular weight excluding hydrogens is 380 g/mol. The molecule has 2 unspecified atom stereocenters. The number of carboxylic acid groups (broad SMARTS) is 1. The first-order valence-corrected chi connectivity index (χ1v) is 9.47. The number of aliphatic hydroxyl groups excluding tert-OH is 1. The third-order valence-corrected chi connectivity index (χ3v) is 5.43. The first-order valence-electron chi connectivity index (χ1n) is 9.47. The van der Waals surface area contributed by atoms with Crippen molar-refractivity contribution in [1.82, 2.24) is 10.2 Å². The van der Waals surface area contributed by atoms with Crippen LogP contribution in [0.2, 0.25) is 0 Å². The second-order valence-corrected chi connectivity index (χ2v) is 7.62. The number of carbonyl (C=O) groups is 1. The number of fused-ring (bicyclic) bond motifs is 1. The Hall–Kier alpha value is -2.62. The maximum absolute atomic E-state index is 12.7. The number of aryl methyl sites for hydroxylation is 1. The molecule has 1 fully saturated rings. The molecular formula is C20H26N2O7. The Morgan fingerprint density at radius 3 is 2.72 bits per heavy atom. The van der Waals surface area contributed by atoms with Gasteiger partial charge in [0.25, 0.3) is 0 Å². The highest BCUT2D eigenvalue weighted by Gasteiger charge is 2.34. The fourth-order valence-corrected chi connectivity index (χ4v) is 4.10. The van der Waals surface area contributed by atoms with Crippen LogP contribution in [0.4, 0.5) is 0 Å². The minimum Gasteiger partial charge on any atom is -0.507 e. The smallest absolute Gasteiger partial charge is 0.317 e. The van der Waals surface area contributed by atoms with Crippen molar-refractivity contribution in [2.45, 2.75) is 25.8 Å². The number of hydrogen-bond donors (Lipinski definition) is 5. The SMILES string of the molecule is Cc1cc(=O)c2c(O)c(CN(C)CC(=O)O)c(O)c(C3CCNCC3CO)c2o1. The van der Waals surface area contributed by atoms with Gasteiger partial charge in [-0.1, -0.05) is 0 Å². The van der Waals surface area contributed by atoms with Gasteiger partial charge in [-0.15, -0.1) is 0 Å². The standard InChI is InChI=1S/C20H26N2O7/c1-10-5-14(24)17-19(28)13(7-22(2)8-15(25)26)18(27)16(20(17)29-10)12-3-4-21-6-11(12)9-23/h5,11-12,21,23,27-28H,3-4,6-9H2,1-2H3,(H,25,26). The molecule has 9 nitrogen and oxygen atoms in total. The van der Waals surface area contributed by atoms with Crippen LogP contribution in [0.15, 0.2) is 15.3 Å². The highest BCUT2D eigenvalue weighted by Crippen LogP contribution is 2.46. The zero-order valence-electron chi connectivity index (χ0n) is 16.4. The van der Waals surface area contributed by atoms with Crippen LogP contribution in [0, 0.1) is 12.8 Å². The van der Waals surface area contributed by atoms with Crippen LogP contribution in [-0.2, 0) is 11.3 Å². The Morgan fingerprint density at radius 2 is 2.07 bits per heavy atom. The van der Waals surface area contributed by atoms with Crippen molar-refractivity contribution in [2.24, 2.45) is 5.92 Å². The average molecular weight is 406 g/mol. The van der Waals surface area contributed by atoms with E-state index in [9.17, 15) is 24.9 Å². The predicted molar refractivity (Wildman–Crippen MR) is 105 cm³/mol. The van der Waals surface area contributed by atoms with Gasteiger partial charge in [-0.2, -0.15) is 0 Å². The summed E-state index contributed by atoms with van der Waals surface area (Å²) < 4.78 is 5.78. The van der Waals surface area contributed by atoms with Gasteiger partial charge in [0.05, 0.1) is 12.1 Å². The first kappa shape index (κ1) is 21.1. The molecule has 0 radical (unpaired) electrons. The first-order chi connectivity index (χ1) is 13.7. The van der Waals surface area contributed by atoms with Gasteiger partial charge in [0.2, 0.25) is 0 Å². The van der Waals surface area contributed by atoms with Gasteiger partial charge in [0.15, 0.2) is 5.43 Å². The summed E-state index contributed by atoms with van der Waals surface area (Å²) in [5.74, 6) is -1.86. The summed E-state index contributed by atoms with van der Waals surface area (Å²) >= 11 is 0. The molecule has 3 rings (SSSR count). The van der Waals surface area contributed by atoms with Gasteiger partial charge in [0.1, 0.15) is 28.2 Å². The summed E-state index contributed by atoms with van der Waals surface area (Å²) in [4.78, 5) is 25.1. The van der Waals surface area contributed by atoms with E-state index in [0.717, 1.165) is 0 Å². The monoisotopic (exact) mass is 406 g/mol. The molecule has 0 saturated carbocycles. The van der Waals surface area contributed by atoms with E-state index in [1.165, 1.54) is 18.0 Å². The zero-order valence-corrected chi connectivity index (χ0v) is 16.4. The fraction of sp³-hybridized carbons (Fsp3) is 0.500. The molecule has 1 aliphatic rings. The second-order valence-electron chi connectivity index (χ2n) is 7.62. The van der Waals surface area contributed by atoms with E-state index < -0.39 is 17.1 Å². The number of aliphatic carboxylic acids is 1. The highest BCUT2D eigenvalue weighted by molar-refractivity contribution is 5.90. The van der Waals surface area contributed by atoms with E-state index in [0.29, 0.717) is 30.8 Å². The fourth-order valence-electron chi connectivity index (χ4n) is 4.10. The number of rotatable bonds is 6. The Labute approximate surface area is 167 Å². The van der Waals surface area contributed by atoms with Crippen molar-refractivity contribution in [3.05, 3.63) is 33.2 Å². The molecule has 0 aliphatic carbocycles. The Balaban J connectivity index is 2.27. The quantitative estimate of drug-likeness (QED) is 0.468. The van der Waals surface area contributed by atoms with Gasteiger partial charge in [-0.3, -0.25) is 14.5 Å². The molecule has 2 aromatic rings. The molecule has 1 aliphatic heterocycles. The van der Waals surface area contributed by atoms with Crippen molar-refractivity contribution in [2.75, 3.05) is 33.3 Å². The van der Waals surface area contributed by atoms with E-state index in [2.05, 4.69) is 5.32 Å². The van der Waals surface area contributed by atoms with Gasteiger partial charge in [-0.05, 0) is 32.9 Å². The molecule has 0 spiro atoms. The number of piperidine rings is 1. The summed E-state index contributed by atoms with van der Waals surface area (Å²) in [7, 11) is 1.54. The van der Waals surface area contributed by atoms with E-state index in [1.54, 1.807) is 6.92 Å². The van der Waals surface area contributed by atoms with E-state index in [4.69, 9.17) is 9.52 Å². The van der Waals surface area contributed by atoms with Gasteiger partial charge < -0.3 is 30.2 Å². The number of aromatic hydroxyl groups is 2. The molecule has 1 aromatic heterocycles. The van der Waals surface area contributed by atoms with Crippen molar-refractivity contribution in [3.8, 4) is 11.5 Å². The molecule has 0 amide bonds. The lowest BCUT2D eigenvalue weighted by Gasteiger charge is -2.32. The Morgan fingerprint density at radius 1 is 1.34 bits per heavy atom. The maximum Gasteiger partial charge on any atom is 0.317 e. The number of carboxylic acids is 1. The van der Waals surface area contributed by atoms with Crippen LogP contribution in [0.25, 0.3) is 11.0 Å². The van der Waals surface area contributed by atoms with Gasteiger partial charge >= 0.3 is 5.97 Å². The van der Waals surface area contributed by atoms with Crippen LogP contribution in [0.1, 0.15) is 29.2 Å². The molecule has 0 bridgehead atoms. The summed E-state index contributed by atoms with van der Waals surface area (Å²) in [6.45, 7) is 2.31. The molecule has 2 atom stereocenters. The number of phenolic OH excluding ortho intramolecular Hbond substituents is 2. The van der Waals surface area contributed by atoms with E-state index in [-0.39, 0.29) is 53.8 Å². The van der Waals surface area contributed by atoms with E-state index >= 15 is 0 Å². The number of likely N-dealkylation sites (N-methyl/N-ethyl adjacent to an activating group) is 1. The lowest BCUT2D eigenvalue weighted by atomic mass is 9.79. The average Bonchev–Trinajstić information content (AvgIpc) is 2.64. The number of hydrogen-bond acceptors (Lipinski definition) is 8. The van der Waals surface area contributed by atoms with Crippen molar-refractivity contribution >= 4 is 16.9 Å². The van der Waals surface area contributed by atoms with Crippen LogP contribution in [-0.4, -0.2) is 64.6 Å². The number of aliphatic hydroxyl groups is 1. The summed E-state index contributed by atoms with van der Waals surface area (Å²) in [5, 5.41) is 43.9. The summed E-state index contributed by atoms with van der Waals surface area (Å²) in [6, 6.07) is 1.26. The van der Waals surface area contributed by atoms with Crippen LogP contribution < -0.4 is 10.7 Å². The van der Waals surface area contributed by atoms with Gasteiger partial charge in [-0.25, -0.2) is 0 Å². The Kier molecular flexibility index (Phi) is 6.11. The third kappa shape index (κ3) is 4.07. The largest absolute Gasteiger partial charge is 0.507 e. The van der Waals surface area contributed by atoms with Crippen molar-refractivity contribution < 1.29 is 29.6 Å². The molecule has 1 saturated heterocycles. The van der Waals surface area contributed by atoms with Crippen LogP contribution in [0.5, 0.6) is 11.5 Å². The molecule has 158 valence electrons. The predicted octanol–water partition coefficient (Wildman–Crippen LogP) is 0.714. The molecule has 1 aromatic carbocycles. The molecule has 2 heterocycles. The minimum atomic E-state index is -1.05. The lowest BCUT2D eigenvalue weighted by molar-refractivity contribution is -0.138. The summed E-state index contributed by atoms with van der Waals surface area (Å²) in [5.41, 5.74) is 0.111. The van der Waals surface area contributed by atoms with Crippen LogP contribution in [0.3, 0.4) is 0 Å². The maximum atomic E-state index is 12.7. The van der Waals surface area contributed by atoms with Crippen molar-refractivity contribution in [1.29, 1.82) is 0 Å². The number of phenols is 2. The highest BCUT2D eigenvalue weighted by atomic mass is 16.4. The lowest BCUT2D eigenvalue weighted by Crippen LogP contribution is -2.37. The minimum absolute atomic E-state index is 0.0441. The van der Waals surface area contributed by atoms with Gasteiger partial charge in [0, 0.05) is 37.2 Å². The second kappa shape index (κ2) is 8.40. The third-order valence-electron chi connectivity index (χ3n) is 5.43. The number of nitrogens with one attached hydrogen (secondary N) is 1. The topological polar surface area (TPSA) is 143 Å². The number of nitrogens with zero attached hydrogens (tertiary/aromatic N) is 1. The molecule has 5 N–H and O–H groups in total. The zero-order chi connectivity index (χ0) is 21.3. The Bertz CT molecular complexity index is 985. The van der Waals surface area contributed by atoms with E-state index in [1.807, 2.05) is 0 Å². The molecule has 29 heavy (non-hydrogen) atoms. The van der Waals surface area contributed by atoms with Crippen molar-refractivity contribution in [3.63, 3.8) is 0 Å². The van der Waals surface area contributed by atoms with Crippen LogP contribution >= 0.6 is 0 Å². The summed E-state index contributed by atoms with van der Waals surface area (Å²) in [6.07, 6.45) is 0.598. The normalized spacial score (nSPS) is 19.7.